The quantitative estimate of drug-likeness (QED) is 0.172. The van der Waals surface area contributed by atoms with E-state index in [2.05, 4.69) is 156 Å². The number of nitrogens with zero attached hydrogens (tertiary/aromatic N) is 4. The second-order valence-electron chi connectivity index (χ2n) is 14.0. The zero-order chi connectivity index (χ0) is 37.0. The average Bonchev–Trinajstić information content (AvgIpc) is 3.84. The zero-order valence-corrected chi connectivity index (χ0v) is 30.2. The molecule has 0 N–H and O–H groups in total. The Morgan fingerprint density at radius 2 is 0.875 bits per heavy atom. The number of benzene rings is 8. The maximum atomic E-state index is 6.74. The van der Waals surface area contributed by atoms with Crippen LogP contribution in [0.25, 0.3) is 106 Å². The predicted octanol–water partition coefficient (Wildman–Crippen LogP) is 13.2. The van der Waals surface area contributed by atoms with Crippen LogP contribution in [0.2, 0.25) is 0 Å². The molecular weight excluding hydrogens is 685 g/mol. The summed E-state index contributed by atoms with van der Waals surface area (Å²) in [7, 11) is 0. The molecule has 0 aliphatic carbocycles. The van der Waals surface area contributed by atoms with Crippen LogP contribution in [-0.4, -0.2) is 19.5 Å². The van der Waals surface area contributed by atoms with Crippen molar-refractivity contribution in [2.45, 2.75) is 0 Å². The molecule has 11 rings (SSSR count). The molecule has 0 fully saturated rings. The van der Waals surface area contributed by atoms with Crippen molar-refractivity contribution >= 4 is 43.7 Å². The van der Waals surface area contributed by atoms with E-state index in [1.807, 2.05) is 42.5 Å². The van der Waals surface area contributed by atoms with Gasteiger partial charge in [0, 0.05) is 38.4 Å². The van der Waals surface area contributed by atoms with Crippen LogP contribution in [0.1, 0.15) is 0 Å². The van der Waals surface area contributed by atoms with Gasteiger partial charge in [-0.2, -0.15) is 0 Å². The number of hydrogen-bond acceptors (Lipinski definition) is 4. The van der Waals surface area contributed by atoms with Gasteiger partial charge in [-0.25, -0.2) is 15.0 Å². The third-order valence-corrected chi connectivity index (χ3v) is 10.7. The molecule has 8 aromatic carbocycles. The van der Waals surface area contributed by atoms with E-state index in [4.69, 9.17) is 19.4 Å². The van der Waals surface area contributed by atoms with Crippen LogP contribution in [0.5, 0.6) is 0 Å². The fraction of sp³-hybridized carbons (Fsp3) is 0. The van der Waals surface area contributed by atoms with E-state index >= 15 is 0 Å². The molecule has 56 heavy (non-hydrogen) atoms. The summed E-state index contributed by atoms with van der Waals surface area (Å²) in [6, 6.07) is 67.2. The highest BCUT2D eigenvalue weighted by atomic mass is 16.3. The van der Waals surface area contributed by atoms with Crippen molar-refractivity contribution in [2.75, 3.05) is 0 Å². The van der Waals surface area contributed by atoms with E-state index in [-0.39, 0.29) is 0 Å². The molecule has 5 heteroatoms. The Balaban J connectivity index is 1.17. The Morgan fingerprint density at radius 3 is 1.61 bits per heavy atom. The lowest BCUT2D eigenvalue weighted by Crippen LogP contribution is -2.02. The molecule has 0 saturated carbocycles. The van der Waals surface area contributed by atoms with E-state index in [0.717, 1.165) is 88.4 Å². The monoisotopic (exact) mass is 716 g/mol. The van der Waals surface area contributed by atoms with Gasteiger partial charge in [-0.15, -0.1) is 0 Å². The van der Waals surface area contributed by atoms with Gasteiger partial charge < -0.3 is 8.98 Å². The first-order chi connectivity index (χ1) is 27.8. The Hall–Kier alpha value is -7.63. The summed E-state index contributed by atoms with van der Waals surface area (Å²) in [5.41, 5.74) is 12.1. The predicted molar refractivity (Wildman–Crippen MR) is 229 cm³/mol. The van der Waals surface area contributed by atoms with Crippen molar-refractivity contribution in [1.29, 1.82) is 0 Å². The molecule has 3 heterocycles. The highest BCUT2D eigenvalue weighted by molar-refractivity contribution is 6.18. The second-order valence-corrected chi connectivity index (χ2v) is 14.0. The van der Waals surface area contributed by atoms with Gasteiger partial charge in [0.05, 0.1) is 22.1 Å². The number of furan rings is 1. The molecule has 0 amide bonds. The van der Waals surface area contributed by atoms with Crippen molar-refractivity contribution in [1.82, 2.24) is 19.5 Å². The third-order valence-electron chi connectivity index (χ3n) is 10.7. The highest BCUT2D eigenvalue weighted by Gasteiger charge is 2.23. The van der Waals surface area contributed by atoms with Crippen LogP contribution in [0, 0.1) is 0 Å². The van der Waals surface area contributed by atoms with E-state index < -0.39 is 0 Å². The smallest absolute Gasteiger partial charge is 0.166 e. The summed E-state index contributed by atoms with van der Waals surface area (Å²) in [6.07, 6.45) is 0. The van der Waals surface area contributed by atoms with Crippen molar-refractivity contribution < 1.29 is 4.42 Å². The molecule has 0 spiro atoms. The number of aromatic nitrogens is 4. The Kier molecular flexibility index (Phi) is 7.42. The minimum Gasteiger partial charge on any atom is -0.455 e. The van der Waals surface area contributed by atoms with Gasteiger partial charge in [0.25, 0.3) is 0 Å². The van der Waals surface area contributed by atoms with Gasteiger partial charge in [-0.05, 0) is 41.0 Å². The normalized spacial score (nSPS) is 11.6. The summed E-state index contributed by atoms with van der Waals surface area (Å²) >= 11 is 0. The first kappa shape index (κ1) is 31.9. The summed E-state index contributed by atoms with van der Waals surface area (Å²) in [4.78, 5) is 15.5. The highest BCUT2D eigenvalue weighted by Crippen LogP contribution is 2.43. The van der Waals surface area contributed by atoms with Gasteiger partial charge in [-0.3, -0.25) is 0 Å². The lowest BCUT2D eigenvalue weighted by molar-refractivity contribution is 0.670. The van der Waals surface area contributed by atoms with E-state index in [1.165, 1.54) is 0 Å². The molecule has 5 nitrogen and oxygen atoms in total. The second kappa shape index (κ2) is 13.0. The summed E-state index contributed by atoms with van der Waals surface area (Å²) in [5.74, 6) is 1.84. The molecule has 0 bridgehead atoms. The van der Waals surface area contributed by atoms with Crippen LogP contribution in [0.3, 0.4) is 0 Å². The van der Waals surface area contributed by atoms with Crippen LogP contribution in [0.15, 0.2) is 199 Å². The standard InChI is InChI=1S/C51H32N4O/c1-4-15-33(16-5-1)34-29-31-37(32-30-34)50-52-49(36-19-8-3-9-20-36)53-51(54-50)42-25-13-23-40-39-21-10-11-26-43(39)55(47(40)42)44-27-14-28-45-46(44)41-24-12-22-38(48(41)56-45)35-17-6-2-7-18-35/h1-32H. The zero-order valence-electron chi connectivity index (χ0n) is 30.2. The number of rotatable bonds is 6. The maximum absolute atomic E-state index is 6.74. The van der Waals surface area contributed by atoms with E-state index in [1.54, 1.807) is 0 Å². The fourth-order valence-corrected chi connectivity index (χ4v) is 8.09. The molecule has 0 atom stereocenters. The SMILES string of the molecule is c1ccc(-c2ccc(-c3nc(-c4ccccc4)nc(-c4cccc5c6ccccc6n(-c6cccc7oc8c(-c9ccccc9)cccc8c67)c45)n3)cc2)cc1. The maximum Gasteiger partial charge on any atom is 0.166 e. The summed E-state index contributed by atoms with van der Waals surface area (Å²) < 4.78 is 9.10. The van der Waals surface area contributed by atoms with E-state index in [0.29, 0.717) is 17.5 Å². The molecule has 0 unspecified atom stereocenters. The molecule has 262 valence electrons. The molecule has 0 saturated heterocycles. The van der Waals surface area contributed by atoms with Crippen molar-refractivity contribution in [3.63, 3.8) is 0 Å². The number of para-hydroxylation sites is 3. The first-order valence-corrected chi connectivity index (χ1v) is 18.8. The Bertz CT molecular complexity index is 3220. The van der Waals surface area contributed by atoms with Crippen molar-refractivity contribution in [3.8, 4) is 62.1 Å². The topological polar surface area (TPSA) is 56.7 Å². The van der Waals surface area contributed by atoms with Gasteiger partial charge in [0.1, 0.15) is 11.2 Å². The Morgan fingerprint density at radius 1 is 0.357 bits per heavy atom. The third kappa shape index (κ3) is 5.21. The lowest BCUT2D eigenvalue weighted by atomic mass is 10.0. The largest absolute Gasteiger partial charge is 0.455 e. The van der Waals surface area contributed by atoms with Crippen LogP contribution in [-0.2, 0) is 0 Å². The van der Waals surface area contributed by atoms with Gasteiger partial charge in [0.15, 0.2) is 17.5 Å². The van der Waals surface area contributed by atoms with E-state index in [9.17, 15) is 0 Å². The van der Waals surface area contributed by atoms with Gasteiger partial charge in [-0.1, -0.05) is 170 Å². The fourth-order valence-electron chi connectivity index (χ4n) is 8.09. The van der Waals surface area contributed by atoms with Crippen LogP contribution in [0.4, 0.5) is 0 Å². The lowest BCUT2D eigenvalue weighted by Gasteiger charge is -2.13. The van der Waals surface area contributed by atoms with Gasteiger partial charge in [0.2, 0.25) is 0 Å². The van der Waals surface area contributed by atoms with Gasteiger partial charge >= 0.3 is 0 Å². The number of hydrogen-bond donors (Lipinski definition) is 0. The minimum atomic E-state index is 0.603. The van der Waals surface area contributed by atoms with Crippen molar-refractivity contribution in [2.24, 2.45) is 0 Å². The molecule has 0 aliphatic heterocycles. The summed E-state index contributed by atoms with van der Waals surface area (Å²) in [5, 5.41) is 4.38. The number of fused-ring (bicyclic) bond motifs is 6. The molecular formula is C51H32N4O. The van der Waals surface area contributed by atoms with Crippen molar-refractivity contribution in [3.05, 3.63) is 194 Å². The molecule has 3 aromatic heterocycles. The molecule has 0 aliphatic rings. The average molecular weight is 717 g/mol. The minimum absolute atomic E-state index is 0.603. The first-order valence-electron chi connectivity index (χ1n) is 18.8. The Labute approximate surface area is 322 Å². The van der Waals surface area contributed by atoms with Crippen LogP contribution < -0.4 is 0 Å². The molecule has 0 radical (unpaired) electrons. The van der Waals surface area contributed by atoms with Crippen LogP contribution >= 0.6 is 0 Å². The summed E-state index contributed by atoms with van der Waals surface area (Å²) in [6.45, 7) is 0. The molecule has 11 aromatic rings.